The standard InChI is InChI=1S/C13H11Cl3O3/c14-10-7-9(18-6-5-12(15)16)3-4-11(10)19-13(17)8-1-2-8/h3-5,7-8H,1-2,6H2. The summed E-state index contributed by atoms with van der Waals surface area (Å²) in [4.78, 5) is 11.5. The van der Waals surface area contributed by atoms with E-state index in [9.17, 15) is 4.79 Å². The van der Waals surface area contributed by atoms with Crippen LogP contribution in [-0.2, 0) is 4.79 Å². The van der Waals surface area contributed by atoms with Gasteiger partial charge in [-0.2, -0.15) is 0 Å². The Labute approximate surface area is 126 Å². The maximum atomic E-state index is 11.5. The van der Waals surface area contributed by atoms with E-state index in [1.54, 1.807) is 18.2 Å². The first kappa shape index (κ1) is 14.5. The van der Waals surface area contributed by atoms with Gasteiger partial charge in [0.05, 0.1) is 10.9 Å². The Hall–Kier alpha value is -0.900. The second-order valence-corrected chi connectivity index (χ2v) is 5.51. The molecule has 2 rings (SSSR count). The van der Waals surface area contributed by atoms with Crippen molar-refractivity contribution in [2.75, 3.05) is 6.61 Å². The molecule has 0 unspecified atom stereocenters. The monoisotopic (exact) mass is 320 g/mol. The maximum absolute atomic E-state index is 11.5. The molecule has 0 aliphatic heterocycles. The van der Waals surface area contributed by atoms with Crippen molar-refractivity contribution in [3.63, 3.8) is 0 Å². The van der Waals surface area contributed by atoms with E-state index in [1.165, 1.54) is 6.08 Å². The molecule has 0 bridgehead atoms. The summed E-state index contributed by atoms with van der Waals surface area (Å²) < 4.78 is 10.7. The summed E-state index contributed by atoms with van der Waals surface area (Å²) in [6, 6.07) is 4.84. The van der Waals surface area contributed by atoms with Gasteiger partial charge >= 0.3 is 5.97 Å². The number of carbonyl (C=O) groups is 1. The average Bonchev–Trinajstić information content (AvgIpc) is 3.16. The molecule has 0 atom stereocenters. The van der Waals surface area contributed by atoms with Gasteiger partial charge in [0.2, 0.25) is 0 Å². The van der Waals surface area contributed by atoms with Crippen molar-refractivity contribution in [2.45, 2.75) is 12.8 Å². The maximum Gasteiger partial charge on any atom is 0.314 e. The third kappa shape index (κ3) is 4.60. The Morgan fingerprint density at radius 2 is 2.11 bits per heavy atom. The smallest absolute Gasteiger partial charge is 0.314 e. The molecule has 1 fully saturated rings. The number of carbonyl (C=O) groups excluding carboxylic acids is 1. The minimum Gasteiger partial charge on any atom is -0.489 e. The van der Waals surface area contributed by atoms with Gasteiger partial charge in [0.15, 0.2) is 0 Å². The largest absolute Gasteiger partial charge is 0.489 e. The lowest BCUT2D eigenvalue weighted by molar-refractivity contribution is -0.135. The summed E-state index contributed by atoms with van der Waals surface area (Å²) in [5.41, 5.74) is 0. The van der Waals surface area contributed by atoms with Crippen LogP contribution < -0.4 is 9.47 Å². The highest BCUT2D eigenvalue weighted by Crippen LogP contribution is 2.34. The molecule has 6 heteroatoms. The molecule has 0 amide bonds. The quantitative estimate of drug-likeness (QED) is 0.597. The van der Waals surface area contributed by atoms with Crippen molar-refractivity contribution in [1.82, 2.24) is 0 Å². The van der Waals surface area contributed by atoms with Gasteiger partial charge in [-0.3, -0.25) is 4.79 Å². The predicted octanol–water partition coefficient (Wildman–Crippen LogP) is 4.35. The number of ether oxygens (including phenoxy) is 2. The lowest BCUT2D eigenvalue weighted by Crippen LogP contribution is -2.10. The molecule has 0 saturated heterocycles. The molecule has 3 nitrogen and oxygen atoms in total. The molecular formula is C13H11Cl3O3. The molecule has 0 aromatic heterocycles. The van der Waals surface area contributed by atoms with Gasteiger partial charge in [-0.1, -0.05) is 34.8 Å². The minimum atomic E-state index is -0.229. The first-order valence-electron chi connectivity index (χ1n) is 5.71. The van der Waals surface area contributed by atoms with Crippen molar-refractivity contribution in [2.24, 2.45) is 5.92 Å². The summed E-state index contributed by atoms with van der Waals surface area (Å²) in [6.07, 6.45) is 3.30. The van der Waals surface area contributed by atoms with Crippen LogP contribution in [0, 0.1) is 5.92 Å². The van der Waals surface area contributed by atoms with Gasteiger partial charge in [-0.05, 0) is 31.1 Å². The van der Waals surface area contributed by atoms with E-state index in [1.807, 2.05) is 0 Å². The Morgan fingerprint density at radius 1 is 1.37 bits per heavy atom. The number of benzene rings is 1. The Kier molecular flexibility index (Phi) is 4.97. The molecule has 1 saturated carbocycles. The molecule has 0 spiro atoms. The van der Waals surface area contributed by atoms with Crippen molar-refractivity contribution in [3.8, 4) is 11.5 Å². The van der Waals surface area contributed by atoms with Crippen LogP contribution in [-0.4, -0.2) is 12.6 Å². The van der Waals surface area contributed by atoms with Gasteiger partial charge in [-0.25, -0.2) is 0 Å². The fourth-order valence-electron chi connectivity index (χ4n) is 1.37. The summed E-state index contributed by atoms with van der Waals surface area (Å²) in [7, 11) is 0. The van der Waals surface area contributed by atoms with Crippen molar-refractivity contribution in [3.05, 3.63) is 33.8 Å². The zero-order chi connectivity index (χ0) is 13.8. The number of rotatable bonds is 5. The second kappa shape index (κ2) is 6.51. The van der Waals surface area contributed by atoms with Crippen LogP contribution in [0.1, 0.15) is 12.8 Å². The van der Waals surface area contributed by atoms with Crippen LogP contribution in [0.3, 0.4) is 0 Å². The van der Waals surface area contributed by atoms with Crippen LogP contribution in [0.2, 0.25) is 5.02 Å². The van der Waals surface area contributed by atoms with Gasteiger partial charge < -0.3 is 9.47 Å². The van der Waals surface area contributed by atoms with E-state index in [2.05, 4.69) is 0 Å². The van der Waals surface area contributed by atoms with Crippen LogP contribution in [0.25, 0.3) is 0 Å². The van der Waals surface area contributed by atoms with Gasteiger partial charge in [0.1, 0.15) is 22.6 Å². The Balaban J connectivity index is 1.96. The van der Waals surface area contributed by atoms with E-state index in [4.69, 9.17) is 44.3 Å². The van der Waals surface area contributed by atoms with Gasteiger partial charge in [0.25, 0.3) is 0 Å². The molecule has 1 aromatic carbocycles. The van der Waals surface area contributed by atoms with E-state index < -0.39 is 0 Å². The summed E-state index contributed by atoms with van der Waals surface area (Å²) in [6.45, 7) is 0.236. The van der Waals surface area contributed by atoms with Gasteiger partial charge in [-0.15, -0.1) is 0 Å². The average molecular weight is 322 g/mol. The second-order valence-electron chi connectivity index (χ2n) is 4.09. The zero-order valence-corrected chi connectivity index (χ0v) is 12.1. The first-order valence-corrected chi connectivity index (χ1v) is 6.85. The van der Waals surface area contributed by atoms with E-state index in [0.717, 1.165) is 12.8 Å². The SMILES string of the molecule is O=C(Oc1ccc(OCC=C(Cl)Cl)cc1Cl)C1CC1. The Morgan fingerprint density at radius 3 is 2.68 bits per heavy atom. The predicted molar refractivity (Wildman–Crippen MR) is 75.1 cm³/mol. The fourth-order valence-corrected chi connectivity index (χ4v) is 1.70. The normalized spacial score (nSPS) is 13.8. The molecule has 0 radical (unpaired) electrons. The summed E-state index contributed by atoms with van der Waals surface area (Å²) in [5.74, 6) is 0.689. The Bertz CT molecular complexity index is 506. The van der Waals surface area contributed by atoms with Crippen molar-refractivity contribution >= 4 is 40.8 Å². The molecule has 0 heterocycles. The molecule has 1 aromatic rings. The minimum absolute atomic E-state index is 0.0305. The molecule has 19 heavy (non-hydrogen) atoms. The van der Waals surface area contributed by atoms with Crippen LogP contribution in [0.5, 0.6) is 11.5 Å². The topological polar surface area (TPSA) is 35.5 Å². The molecule has 102 valence electrons. The third-order valence-electron chi connectivity index (χ3n) is 2.51. The van der Waals surface area contributed by atoms with E-state index in [-0.39, 0.29) is 23.0 Å². The van der Waals surface area contributed by atoms with Crippen LogP contribution in [0.4, 0.5) is 0 Å². The lowest BCUT2D eigenvalue weighted by atomic mass is 10.3. The highest BCUT2D eigenvalue weighted by atomic mass is 35.5. The van der Waals surface area contributed by atoms with E-state index >= 15 is 0 Å². The zero-order valence-electron chi connectivity index (χ0n) is 9.87. The van der Waals surface area contributed by atoms with Crippen molar-refractivity contribution < 1.29 is 14.3 Å². The van der Waals surface area contributed by atoms with E-state index in [0.29, 0.717) is 16.5 Å². The number of hydrogen-bond donors (Lipinski definition) is 0. The number of halogens is 3. The molecular weight excluding hydrogens is 310 g/mol. The summed E-state index contributed by atoms with van der Waals surface area (Å²) in [5, 5.41) is 0.326. The first-order chi connectivity index (χ1) is 9.06. The summed E-state index contributed by atoms with van der Waals surface area (Å²) >= 11 is 16.9. The fraction of sp³-hybridized carbons (Fsp3) is 0.308. The number of esters is 1. The van der Waals surface area contributed by atoms with Crippen LogP contribution in [0.15, 0.2) is 28.8 Å². The highest BCUT2D eigenvalue weighted by Gasteiger charge is 2.32. The molecule has 1 aliphatic rings. The van der Waals surface area contributed by atoms with Crippen molar-refractivity contribution in [1.29, 1.82) is 0 Å². The van der Waals surface area contributed by atoms with Gasteiger partial charge in [0, 0.05) is 6.07 Å². The molecule has 1 aliphatic carbocycles. The lowest BCUT2D eigenvalue weighted by Gasteiger charge is -2.08. The van der Waals surface area contributed by atoms with Crippen LogP contribution >= 0.6 is 34.8 Å². The third-order valence-corrected chi connectivity index (χ3v) is 3.12. The molecule has 0 N–H and O–H groups in total. The highest BCUT2D eigenvalue weighted by molar-refractivity contribution is 6.55. The number of hydrogen-bond acceptors (Lipinski definition) is 3.